The lowest BCUT2D eigenvalue weighted by molar-refractivity contribution is -0.129. The molecule has 9 aliphatic heterocycles. The van der Waals surface area contributed by atoms with Gasteiger partial charge in [-0.15, -0.1) is 0 Å². The number of amides is 3. The molecule has 0 saturated carbocycles. The summed E-state index contributed by atoms with van der Waals surface area (Å²) >= 11 is 0. The summed E-state index contributed by atoms with van der Waals surface area (Å²) in [4.78, 5) is 96.8. The number of likely N-dealkylation sites (tertiary alicyclic amines) is 1. The second-order valence-corrected chi connectivity index (χ2v) is 34.1. The maximum atomic E-state index is 13.3. The van der Waals surface area contributed by atoms with Gasteiger partial charge in [0.25, 0.3) is 0 Å². The van der Waals surface area contributed by atoms with Gasteiger partial charge in [-0.3, -0.25) is 24.2 Å². The van der Waals surface area contributed by atoms with Gasteiger partial charge in [0.2, 0.25) is 17.7 Å². The van der Waals surface area contributed by atoms with Crippen LogP contribution in [0.15, 0.2) is 147 Å². The van der Waals surface area contributed by atoms with Gasteiger partial charge in [-0.1, -0.05) is 80.4 Å². The first kappa shape index (κ1) is 82.5. The summed E-state index contributed by atoms with van der Waals surface area (Å²) in [6.07, 6.45) is 9.00. The van der Waals surface area contributed by atoms with Crippen molar-refractivity contribution in [3.63, 3.8) is 0 Å². The maximum absolute atomic E-state index is 13.3. The Balaban J connectivity index is 0.574. The molecule has 4 aromatic carbocycles. The number of anilines is 6. The SMILES string of the molecule is C=CC(=O)N1CCN(c2nc(OC[C@@H]3CN(C)CCO3)nc3c2CCN(c2cc(CN4CCO[C@@H](COc5nc6c(c(N7CCN(C(=O)C=C)C(CC#N)C7)n5)CCN(c5ccc(C7C[C@@H](COc8nc9c(c(N%10CCN(C(=O)C=C)[C@@H](CC#N)C%10)n8)CCN(c8cccc%10cccn8%10)C9)N(C)C7)c7ccccc57)C6)C4)cc4ccccc24)C3)CC1CC#N. The summed E-state index contributed by atoms with van der Waals surface area (Å²) in [7, 11) is 4.25. The van der Waals surface area contributed by atoms with E-state index in [0.717, 1.165) is 128 Å². The minimum atomic E-state index is -0.378. The second-order valence-electron chi connectivity index (χ2n) is 34.1. The molecule has 124 heavy (non-hydrogen) atoms. The van der Waals surface area contributed by atoms with E-state index in [9.17, 15) is 30.2 Å². The highest BCUT2D eigenvalue weighted by Gasteiger charge is 2.41. The third-order valence-electron chi connectivity index (χ3n) is 26.4. The van der Waals surface area contributed by atoms with Crippen LogP contribution in [0.1, 0.15) is 76.5 Å². The molecule has 6 saturated heterocycles. The Morgan fingerprint density at radius 3 is 1.53 bits per heavy atom. The molecular formula is C94H106N22O8. The Bertz CT molecular complexity index is 5690. The van der Waals surface area contributed by atoms with E-state index in [2.05, 4.69) is 210 Å². The number of piperazine rings is 3. The zero-order chi connectivity index (χ0) is 85.1. The van der Waals surface area contributed by atoms with Gasteiger partial charge < -0.3 is 77.1 Å². The molecule has 30 heteroatoms. The van der Waals surface area contributed by atoms with E-state index < -0.39 is 0 Å². The van der Waals surface area contributed by atoms with Gasteiger partial charge in [-0.25, -0.2) is 0 Å². The lowest BCUT2D eigenvalue weighted by Crippen LogP contribution is -2.55. The van der Waals surface area contributed by atoms with E-state index in [0.29, 0.717) is 163 Å². The number of fused-ring (bicyclic) bond motifs is 6. The van der Waals surface area contributed by atoms with Crippen molar-refractivity contribution in [3.05, 3.63) is 192 Å². The number of morpholine rings is 2. The summed E-state index contributed by atoms with van der Waals surface area (Å²) in [6, 6.07) is 43.8. The summed E-state index contributed by atoms with van der Waals surface area (Å²) in [5.41, 5.74) is 11.5. The minimum absolute atomic E-state index is 0.0522. The summed E-state index contributed by atoms with van der Waals surface area (Å²) in [5, 5.41) is 34.6. The number of rotatable bonds is 24. The molecule has 9 aliphatic rings. The van der Waals surface area contributed by atoms with Crippen LogP contribution in [-0.4, -0.2) is 276 Å². The third kappa shape index (κ3) is 17.1. The normalized spacial score (nSPS) is 22.1. The van der Waals surface area contributed by atoms with Crippen LogP contribution in [0.2, 0.25) is 0 Å². The molecule has 30 nitrogen and oxygen atoms in total. The Morgan fingerprint density at radius 1 is 0.476 bits per heavy atom. The molecule has 640 valence electrons. The van der Waals surface area contributed by atoms with E-state index in [1.165, 1.54) is 29.2 Å². The second kappa shape index (κ2) is 36.5. The third-order valence-corrected chi connectivity index (χ3v) is 26.4. The molecule has 3 unspecified atom stereocenters. The number of carbonyl (C=O) groups excluding carboxylic acids is 3. The predicted molar refractivity (Wildman–Crippen MR) is 473 cm³/mol. The van der Waals surface area contributed by atoms with Crippen LogP contribution < -0.4 is 43.6 Å². The molecular weight excluding hydrogens is 1570 g/mol. The van der Waals surface area contributed by atoms with Crippen LogP contribution in [-0.2, 0) is 69.3 Å². The number of ether oxygens (including phenoxy) is 5. The molecule has 0 aliphatic carbocycles. The van der Waals surface area contributed by atoms with Crippen molar-refractivity contribution in [2.24, 2.45) is 0 Å². The average molecular weight is 1670 g/mol. The Hall–Kier alpha value is -12.5. The number of nitrogens with zero attached hydrogens (tertiary/aromatic N) is 22. The molecule has 5 aromatic heterocycles. The Kier molecular flexibility index (Phi) is 24.3. The number of hydrogen-bond acceptors (Lipinski definition) is 26. The van der Waals surface area contributed by atoms with Gasteiger partial charge in [0, 0.05) is 174 Å². The van der Waals surface area contributed by atoms with E-state index >= 15 is 0 Å². The standard InChI is InChI=1S/C94H106N22O8/c1-6-86(117)114-40-37-110(52-67(114)24-30-95)89-77-27-34-107(83-23-22-73(75-19-11-12-20-76(75)83)65-49-70(105(5)51-65)60-122-92-100-82-59-109(85-21-13-16-66-17-14-33-113(66)85)36-29-79(82)91(101-92)112-39-42-116(88(119)8-3)69(54-112)26-32-97)57-80(77)98-94(103-89)124-62-72-56-106(44-46-121-72)50-63-47-64-15-9-10-18-74(64)84(48-63)108-35-28-78-81(58-108)99-93(123-61-71-55-104(4)43-45-120-71)102-90(78)111-38-41-115(87(118)7-2)68(53-111)25-31-96/h6-23,33,47-48,65,67-72H,1-3,24-29,34-46,49-62H2,4-5H3/t65?,67?,68?,69-,70-,71-,72+/m0/s1. The first-order valence-electron chi connectivity index (χ1n) is 43.6. The summed E-state index contributed by atoms with van der Waals surface area (Å²) in [5.74, 6) is 3.03. The summed E-state index contributed by atoms with van der Waals surface area (Å²) < 4.78 is 34.9. The van der Waals surface area contributed by atoms with Crippen LogP contribution in [0, 0.1) is 34.0 Å². The molecule has 0 N–H and O–H groups in total. The van der Waals surface area contributed by atoms with Crippen LogP contribution in [0.5, 0.6) is 18.0 Å². The number of nitriles is 3. The molecule has 9 aromatic rings. The lowest BCUT2D eigenvalue weighted by atomic mass is 9.90. The van der Waals surface area contributed by atoms with Crippen molar-refractivity contribution >= 4 is 79.4 Å². The van der Waals surface area contributed by atoms with Gasteiger partial charge in [0.1, 0.15) is 55.3 Å². The number of carbonyl (C=O) groups is 3. The van der Waals surface area contributed by atoms with Crippen molar-refractivity contribution in [2.75, 3.05) is 188 Å². The van der Waals surface area contributed by atoms with Crippen molar-refractivity contribution < 1.29 is 38.1 Å². The van der Waals surface area contributed by atoms with Gasteiger partial charge in [0.15, 0.2) is 0 Å². The number of pyridine rings is 1. The topological polar surface area (TPSA) is 289 Å². The van der Waals surface area contributed by atoms with Crippen LogP contribution in [0.4, 0.5) is 34.6 Å². The average Bonchev–Trinajstić information content (AvgIpc) is 1.10. The monoisotopic (exact) mass is 1670 g/mol. The van der Waals surface area contributed by atoms with Crippen molar-refractivity contribution in [3.8, 4) is 36.2 Å². The smallest absolute Gasteiger partial charge is 0.318 e. The van der Waals surface area contributed by atoms with Gasteiger partial charge in [-0.05, 0) is 128 Å². The van der Waals surface area contributed by atoms with E-state index in [1.807, 2.05) is 0 Å². The quantitative estimate of drug-likeness (QED) is 0.0512. The molecule has 0 radical (unpaired) electrons. The number of aromatic nitrogens is 7. The molecule has 0 spiro atoms. The molecule has 3 amide bonds. The molecule has 14 heterocycles. The van der Waals surface area contributed by atoms with Crippen molar-refractivity contribution in [1.29, 1.82) is 15.8 Å². The predicted octanol–water partition coefficient (Wildman–Crippen LogP) is 8.51. The molecule has 7 atom stereocenters. The van der Waals surface area contributed by atoms with Gasteiger partial charge in [0.05, 0.1) is 106 Å². The Morgan fingerprint density at radius 2 is 0.976 bits per heavy atom. The van der Waals surface area contributed by atoms with E-state index in [1.54, 1.807) is 14.7 Å². The van der Waals surface area contributed by atoms with E-state index in [4.69, 9.17) is 53.6 Å². The van der Waals surface area contributed by atoms with Crippen LogP contribution in [0.3, 0.4) is 0 Å². The maximum Gasteiger partial charge on any atom is 0.318 e. The van der Waals surface area contributed by atoms with Crippen molar-refractivity contribution in [2.45, 2.75) is 113 Å². The van der Waals surface area contributed by atoms with Crippen molar-refractivity contribution in [1.82, 2.24) is 63.7 Å². The first-order valence-corrected chi connectivity index (χ1v) is 43.6. The fourth-order valence-electron chi connectivity index (χ4n) is 20.2. The largest absolute Gasteiger partial charge is 0.462 e. The van der Waals surface area contributed by atoms with Crippen LogP contribution in [0.25, 0.3) is 27.1 Å². The zero-order valence-corrected chi connectivity index (χ0v) is 70.7. The molecule has 0 bridgehead atoms. The minimum Gasteiger partial charge on any atom is -0.462 e. The highest BCUT2D eigenvalue weighted by molar-refractivity contribution is 5.98. The van der Waals surface area contributed by atoms with Crippen LogP contribution >= 0.6 is 0 Å². The zero-order valence-electron chi connectivity index (χ0n) is 70.7. The van der Waals surface area contributed by atoms with Gasteiger partial charge >= 0.3 is 18.0 Å². The van der Waals surface area contributed by atoms with E-state index in [-0.39, 0.29) is 97.9 Å². The lowest BCUT2D eigenvalue weighted by Gasteiger charge is -2.42. The Labute approximate surface area is 722 Å². The fourth-order valence-corrected chi connectivity index (χ4v) is 20.2. The first-order chi connectivity index (χ1) is 60.7. The number of likely N-dealkylation sites (N-methyl/N-ethyl adjacent to an activating group) is 2. The van der Waals surface area contributed by atoms with Gasteiger partial charge in [-0.2, -0.15) is 45.7 Å². The number of benzene rings is 4. The number of hydrogen-bond donors (Lipinski definition) is 0. The molecule has 6 fully saturated rings. The highest BCUT2D eigenvalue weighted by atomic mass is 16.5. The molecule has 18 rings (SSSR count). The highest BCUT2D eigenvalue weighted by Crippen LogP contribution is 2.43. The summed E-state index contributed by atoms with van der Waals surface area (Å²) in [6.45, 7) is 25.5. The fraction of sp³-hybridized carbons (Fsp3) is 0.447.